The van der Waals surface area contributed by atoms with Gasteiger partial charge in [0.25, 0.3) is 5.56 Å². The Kier molecular flexibility index (Phi) is 3.56. The molecule has 0 unspecified atom stereocenters. The van der Waals surface area contributed by atoms with Crippen LogP contribution in [0.15, 0.2) is 52.2 Å². The number of aromatic nitrogens is 2. The molecule has 27 heavy (non-hydrogen) atoms. The summed E-state index contributed by atoms with van der Waals surface area (Å²) in [4.78, 5) is 30.4. The first-order valence-corrected chi connectivity index (χ1v) is 9.68. The van der Waals surface area contributed by atoms with Gasteiger partial charge in [-0.15, -0.1) is 11.3 Å². The number of aryl methyl sites for hydroxylation is 1. The van der Waals surface area contributed by atoms with E-state index in [1.165, 1.54) is 15.7 Å². The fourth-order valence-corrected chi connectivity index (χ4v) is 4.75. The van der Waals surface area contributed by atoms with Crippen molar-refractivity contribution in [3.8, 4) is 0 Å². The predicted octanol–water partition coefficient (Wildman–Crippen LogP) is 5.19. The first-order valence-electron chi connectivity index (χ1n) is 8.11. The van der Waals surface area contributed by atoms with Gasteiger partial charge in [-0.25, -0.2) is 4.98 Å². The minimum atomic E-state index is -0.199. The van der Waals surface area contributed by atoms with E-state index in [1.807, 2.05) is 13.0 Å². The Morgan fingerprint density at radius 1 is 0.963 bits per heavy atom. The van der Waals surface area contributed by atoms with Gasteiger partial charge >= 0.3 is 0 Å². The number of hydrogen-bond acceptors (Lipinski definition) is 4. The molecule has 132 valence electrons. The molecular weight excluding hydrogens is 403 g/mol. The van der Waals surface area contributed by atoms with Crippen molar-refractivity contribution in [1.29, 1.82) is 0 Å². The SMILES string of the molecule is Cc1cc2c(=O)c3cc4nc5cc(Cl)ccn5c(=O)c4cc3sc2cc1Cl. The quantitative estimate of drug-likeness (QED) is 0.328. The third kappa shape index (κ3) is 2.46. The van der Waals surface area contributed by atoms with E-state index in [1.54, 1.807) is 36.5 Å². The minimum Gasteiger partial charge on any atom is -0.289 e. The summed E-state index contributed by atoms with van der Waals surface area (Å²) in [5.74, 6) is 0. The number of benzene rings is 2. The van der Waals surface area contributed by atoms with E-state index >= 15 is 0 Å². The van der Waals surface area contributed by atoms with Crippen LogP contribution in [0.4, 0.5) is 0 Å². The van der Waals surface area contributed by atoms with Crippen LogP contribution in [-0.4, -0.2) is 9.38 Å². The molecule has 0 radical (unpaired) electrons. The van der Waals surface area contributed by atoms with E-state index in [2.05, 4.69) is 4.98 Å². The highest BCUT2D eigenvalue weighted by atomic mass is 35.5. The van der Waals surface area contributed by atoms with Crippen LogP contribution in [0.1, 0.15) is 5.56 Å². The van der Waals surface area contributed by atoms with Gasteiger partial charge in [-0.1, -0.05) is 23.2 Å². The number of halogens is 2. The fourth-order valence-electron chi connectivity index (χ4n) is 3.26. The van der Waals surface area contributed by atoms with Gasteiger partial charge in [-0.05, 0) is 42.8 Å². The van der Waals surface area contributed by atoms with E-state index in [4.69, 9.17) is 23.2 Å². The van der Waals surface area contributed by atoms with Crippen molar-refractivity contribution in [2.75, 3.05) is 0 Å². The second-order valence-electron chi connectivity index (χ2n) is 6.38. The molecule has 0 bridgehead atoms. The number of fused-ring (bicyclic) bond motifs is 4. The van der Waals surface area contributed by atoms with Gasteiger partial charge in [0.2, 0.25) is 0 Å². The largest absolute Gasteiger partial charge is 0.289 e. The van der Waals surface area contributed by atoms with Crippen LogP contribution in [0.25, 0.3) is 36.7 Å². The average molecular weight is 413 g/mol. The summed E-state index contributed by atoms with van der Waals surface area (Å²) in [6.45, 7) is 1.87. The smallest absolute Gasteiger partial charge is 0.265 e. The Hall–Kier alpha value is -2.47. The third-order valence-corrected chi connectivity index (χ3v) is 6.41. The second-order valence-corrected chi connectivity index (χ2v) is 8.31. The van der Waals surface area contributed by atoms with Crippen molar-refractivity contribution < 1.29 is 0 Å². The molecular formula is C20H10Cl2N2O2S. The van der Waals surface area contributed by atoms with E-state index in [-0.39, 0.29) is 11.0 Å². The van der Waals surface area contributed by atoms with Crippen molar-refractivity contribution in [2.45, 2.75) is 6.92 Å². The zero-order chi connectivity index (χ0) is 18.9. The molecule has 0 aliphatic carbocycles. The lowest BCUT2D eigenvalue weighted by Gasteiger charge is -2.07. The maximum atomic E-state index is 13.0. The zero-order valence-electron chi connectivity index (χ0n) is 13.9. The van der Waals surface area contributed by atoms with Crippen molar-refractivity contribution in [3.63, 3.8) is 0 Å². The Labute approximate surface area is 166 Å². The molecule has 5 rings (SSSR count). The highest BCUT2D eigenvalue weighted by Crippen LogP contribution is 2.30. The molecule has 3 aromatic heterocycles. The Morgan fingerprint density at radius 2 is 1.70 bits per heavy atom. The molecule has 0 fully saturated rings. The lowest BCUT2D eigenvalue weighted by Crippen LogP contribution is -2.15. The van der Waals surface area contributed by atoms with Crippen LogP contribution < -0.4 is 11.0 Å². The van der Waals surface area contributed by atoms with Crippen LogP contribution >= 0.6 is 34.5 Å². The van der Waals surface area contributed by atoms with Gasteiger partial charge in [0, 0.05) is 42.5 Å². The van der Waals surface area contributed by atoms with Gasteiger partial charge in [-0.3, -0.25) is 14.0 Å². The molecule has 0 aliphatic rings. The van der Waals surface area contributed by atoms with Crippen LogP contribution in [-0.2, 0) is 0 Å². The van der Waals surface area contributed by atoms with Crippen LogP contribution in [0.3, 0.4) is 0 Å². The summed E-state index contributed by atoms with van der Waals surface area (Å²) in [6, 6.07) is 10.3. The van der Waals surface area contributed by atoms with Crippen LogP contribution in [0.2, 0.25) is 10.0 Å². The number of hydrogen-bond donors (Lipinski definition) is 0. The minimum absolute atomic E-state index is 0.0893. The Morgan fingerprint density at radius 3 is 2.52 bits per heavy atom. The third-order valence-electron chi connectivity index (χ3n) is 4.65. The van der Waals surface area contributed by atoms with Gasteiger partial charge in [0.15, 0.2) is 5.43 Å². The molecule has 7 heteroatoms. The number of rotatable bonds is 0. The van der Waals surface area contributed by atoms with Crippen molar-refractivity contribution in [2.24, 2.45) is 0 Å². The maximum absolute atomic E-state index is 13.0. The number of nitrogens with zero attached hydrogens (tertiary/aromatic N) is 2. The normalized spacial score (nSPS) is 11.8. The van der Waals surface area contributed by atoms with Crippen LogP contribution in [0, 0.1) is 6.92 Å². The molecule has 0 saturated carbocycles. The van der Waals surface area contributed by atoms with Crippen molar-refractivity contribution in [3.05, 3.63) is 78.8 Å². The van der Waals surface area contributed by atoms with E-state index in [0.29, 0.717) is 37.4 Å². The van der Waals surface area contributed by atoms with Gasteiger partial charge in [0.1, 0.15) is 5.65 Å². The predicted molar refractivity (Wildman–Crippen MR) is 113 cm³/mol. The molecule has 0 saturated heterocycles. The topological polar surface area (TPSA) is 51.4 Å². The first-order chi connectivity index (χ1) is 12.9. The first kappa shape index (κ1) is 16.7. The molecule has 0 aliphatic heterocycles. The maximum Gasteiger partial charge on any atom is 0.265 e. The lowest BCUT2D eigenvalue weighted by molar-refractivity contribution is 1.08. The van der Waals surface area contributed by atoms with Crippen molar-refractivity contribution >= 4 is 71.3 Å². The molecule has 5 aromatic rings. The summed E-state index contributed by atoms with van der Waals surface area (Å²) in [5, 5.41) is 2.72. The van der Waals surface area contributed by atoms with E-state index in [0.717, 1.165) is 15.0 Å². The monoisotopic (exact) mass is 412 g/mol. The molecule has 0 atom stereocenters. The molecule has 4 nitrogen and oxygen atoms in total. The molecule has 2 aromatic carbocycles. The highest BCUT2D eigenvalue weighted by molar-refractivity contribution is 7.24. The molecule has 0 N–H and O–H groups in total. The lowest BCUT2D eigenvalue weighted by atomic mass is 10.1. The summed E-state index contributed by atoms with van der Waals surface area (Å²) in [7, 11) is 0. The summed E-state index contributed by atoms with van der Waals surface area (Å²) >= 11 is 13.7. The molecule has 0 spiro atoms. The van der Waals surface area contributed by atoms with E-state index in [9.17, 15) is 9.59 Å². The van der Waals surface area contributed by atoms with Gasteiger partial charge in [0.05, 0.1) is 10.9 Å². The Balaban J connectivity index is 1.99. The van der Waals surface area contributed by atoms with E-state index < -0.39 is 0 Å². The average Bonchev–Trinajstić information content (AvgIpc) is 2.63. The van der Waals surface area contributed by atoms with Crippen molar-refractivity contribution in [1.82, 2.24) is 9.38 Å². The van der Waals surface area contributed by atoms with Gasteiger partial charge in [-0.2, -0.15) is 0 Å². The standard InChI is InChI=1S/C20H10Cl2N2O2S/c1-9-4-12-17(8-14(9)22)27-16-7-11-15(6-13(16)19(12)25)23-18-5-10(21)2-3-24(18)20(11)26/h2-8H,1H3. The second kappa shape index (κ2) is 5.76. The summed E-state index contributed by atoms with van der Waals surface area (Å²) in [5.41, 5.74) is 1.48. The summed E-state index contributed by atoms with van der Waals surface area (Å²) < 4.78 is 2.97. The Bertz CT molecular complexity index is 1550. The highest BCUT2D eigenvalue weighted by Gasteiger charge is 2.13. The molecule has 0 amide bonds. The number of pyridine rings is 1. The van der Waals surface area contributed by atoms with Crippen LogP contribution in [0.5, 0.6) is 0 Å². The molecule has 3 heterocycles. The fraction of sp³-hybridized carbons (Fsp3) is 0.0500. The summed E-state index contributed by atoms with van der Waals surface area (Å²) in [6.07, 6.45) is 1.60. The van der Waals surface area contributed by atoms with Gasteiger partial charge < -0.3 is 0 Å². The zero-order valence-corrected chi connectivity index (χ0v) is 16.2.